The molecule has 0 bridgehead atoms. The lowest BCUT2D eigenvalue weighted by molar-refractivity contribution is -0.117. The van der Waals surface area contributed by atoms with E-state index >= 15 is 0 Å². The van der Waals surface area contributed by atoms with E-state index in [4.69, 9.17) is 5.73 Å². The third-order valence-electron chi connectivity index (χ3n) is 1.85. The minimum Gasteiger partial charge on any atom is -0.320 e. The van der Waals surface area contributed by atoms with Gasteiger partial charge in [-0.2, -0.15) is 5.10 Å². The summed E-state index contributed by atoms with van der Waals surface area (Å²) < 4.78 is 2.42. The number of aryl methyl sites for hydroxylation is 1. The second-order valence-corrected chi connectivity index (χ2v) is 3.79. The number of halogens is 1. The molecular formula is C8H13BrN4O. The monoisotopic (exact) mass is 260 g/mol. The summed E-state index contributed by atoms with van der Waals surface area (Å²) >= 11 is 3.28. The van der Waals surface area contributed by atoms with Crippen molar-refractivity contribution in [2.24, 2.45) is 12.8 Å². The maximum atomic E-state index is 11.4. The largest absolute Gasteiger partial charge is 0.320 e. The minimum atomic E-state index is -0.476. The third-order valence-corrected chi connectivity index (χ3v) is 2.59. The molecule has 0 aromatic carbocycles. The molecule has 1 atom stereocenters. The molecule has 14 heavy (non-hydrogen) atoms. The van der Waals surface area contributed by atoms with Crippen molar-refractivity contribution in [3.05, 3.63) is 10.7 Å². The van der Waals surface area contributed by atoms with Gasteiger partial charge < -0.3 is 11.1 Å². The van der Waals surface area contributed by atoms with Crippen molar-refractivity contribution >= 4 is 27.7 Å². The lowest BCUT2D eigenvalue weighted by atomic mass is 10.2. The van der Waals surface area contributed by atoms with E-state index in [1.165, 1.54) is 0 Å². The summed E-state index contributed by atoms with van der Waals surface area (Å²) in [5.41, 5.74) is 5.55. The molecule has 5 nitrogen and oxygen atoms in total. The van der Waals surface area contributed by atoms with Gasteiger partial charge in [0.05, 0.1) is 6.04 Å². The molecule has 1 amide bonds. The highest BCUT2D eigenvalue weighted by atomic mass is 79.9. The molecule has 0 saturated heterocycles. The predicted molar refractivity (Wildman–Crippen MR) is 57.8 cm³/mol. The number of hydrogen-bond donors (Lipinski definition) is 2. The van der Waals surface area contributed by atoms with Crippen LogP contribution in [0.25, 0.3) is 0 Å². The Morgan fingerprint density at radius 3 is 2.93 bits per heavy atom. The molecule has 1 aromatic rings. The first-order valence-electron chi connectivity index (χ1n) is 4.30. The van der Waals surface area contributed by atoms with Crippen LogP contribution in [0.3, 0.4) is 0 Å². The van der Waals surface area contributed by atoms with Crippen LogP contribution in [-0.4, -0.2) is 21.7 Å². The maximum Gasteiger partial charge on any atom is 0.242 e. The van der Waals surface area contributed by atoms with Gasteiger partial charge in [-0.1, -0.05) is 6.92 Å². The molecule has 6 heteroatoms. The van der Waals surface area contributed by atoms with Crippen molar-refractivity contribution < 1.29 is 4.79 Å². The molecule has 0 aliphatic carbocycles. The molecule has 0 aliphatic heterocycles. The van der Waals surface area contributed by atoms with E-state index in [0.29, 0.717) is 12.2 Å². The van der Waals surface area contributed by atoms with Crippen LogP contribution in [0.1, 0.15) is 13.3 Å². The van der Waals surface area contributed by atoms with E-state index in [2.05, 4.69) is 26.3 Å². The number of nitrogens with two attached hydrogens (primary N) is 1. The van der Waals surface area contributed by atoms with Crippen LogP contribution in [-0.2, 0) is 11.8 Å². The van der Waals surface area contributed by atoms with Gasteiger partial charge in [0.25, 0.3) is 0 Å². The van der Waals surface area contributed by atoms with Crippen LogP contribution in [0, 0.1) is 0 Å². The molecule has 1 rings (SSSR count). The first-order chi connectivity index (χ1) is 6.54. The SMILES string of the molecule is CC[C@@H](N)C(=O)Nc1cc(Br)n(C)n1. The van der Waals surface area contributed by atoms with Crippen LogP contribution >= 0.6 is 15.9 Å². The Kier molecular flexibility index (Phi) is 3.65. The van der Waals surface area contributed by atoms with Crippen molar-refractivity contribution in [3.8, 4) is 0 Å². The number of anilines is 1. The van der Waals surface area contributed by atoms with E-state index < -0.39 is 6.04 Å². The van der Waals surface area contributed by atoms with Gasteiger partial charge in [-0.3, -0.25) is 9.48 Å². The second-order valence-electron chi connectivity index (χ2n) is 2.98. The van der Waals surface area contributed by atoms with E-state index in [0.717, 1.165) is 4.60 Å². The summed E-state index contributed by atoms with van der Waals surface area (Å²) in [7, 11) is 1.78. The summed E-state index contributed by atoms with van der Waals surface area (Å²) in [4.78, 5) is 11.4. The Balaban J connectivity index is 2.65. The first-order valence-corrected chi connectivity index (χ1v) is 5.10. The molecule has 0 saturated carbocycles. The van der Waals surface area contributed by atoms with E-state index in [1.54, 1.807) is 17.8 Å². The summed E-state index contributed by atoms with van der Waals surface area (Å²) in [6.45, 7) is 1.86. The fourth-order valence-electron chi connectivity index (χ4n) is 0.910. The highest BCUT2D eigenvalue weighted by Crippen LogP contribution is 2.14. The van der Waals surface area contributed by atoms with Gasteiger partial charge in [-0.15, -0.1) is 0 Å². The number of hydrogen-bond acceptors (Lipinski definition) is 3. The maximum absolute atomic E-state index is 11.4. The Bertz CT molecular complexity index is 317. The van der Waals surface area contributed by atoms with E-state index in [9.17, 15) is 4.79 Å². The summed E-state index contributed by atoms with van der Waals surface area (Å²) in [5.74, 6) is 0.298. The molecule has 0 aliphatic rings. The van der Waals surface area contributed by atoms with Crippen molar-refractivity contribution in [2.75, 3.05) is 5.32 Å². The molecule has 1 aromatic heterocycles. The van der Waals surface area contributed by atoms with Crippen LogP contribution in [0.4, 0.5) is 5.82 Å². The zero-order chi connectivity index (χ0) is 10.7. The number of amides is 1. The summed E-state index contributed by atoms with van der Waals surface area (Å²) in [6.07, 6.45) is 0.611. The lowest BCUT2D eigenvalue weighted by Crippen LogP contribution is -2.34. The van der Waals surface area contributed by atoms with Crippen LogP contribution in [0.15, 0.2) is 10.7 Å². The lowest BCUT2D eigenvalue weighted by Gasteiger charge is -2.06. The average molecular weight is 261 g/mol. The van der Waals surface area contributed by atoms with Crippen molar-refractivity contribution in [3.63, 3.8) is 0 Å². The zero-order valence-electron chi connectivity index (χ0n) is 8.12. The topological polar surface area (TPSA) is 72.9 Å². The molecule has 78 valence electrons. The van der Waals surface area contributed by atoms with Gasteiger partial charge in [-0.05, 0) is 22.4 Å². The molecule has 3 N–H and O–H groups in total. The minimum absolute atomic E-state index is 0.210. The highest BCUT2D eigenvalue weighted by Gasteiger charge is 2.12. The Hall–Kier alpha value is -0.880. The second kappa shape index (κ2) is 4.56. The zero-order valence-corrected chi connectivity index (χ0v) is 9.71. The van der Waals surface area contributed by atoms with E-state index in [1.807, 2.05) is 6.92 Å². The summed E-state index contributed by atoms with van der Waals surface area (Å²) in [5, 5.41) is 6.68. The number of carbonyl (C=O) groups excluding carboxylic acids is 1. The number of nitrogens with one attached hydrogen (secondary N) is 1. The Morgan fingerprint density at radius 1 is 1.86 bits per heavy atom. The standard InChI is InChI=1S/C8H13BrN4O/c1-3-5(10)8(14)11-7-4-6(9)13(2)12-7/h4-5H,3,10H2,1-2H3,(H,11,12,14)/t5-/m1/s1. The normalized spacial score (nSPS) is 12.6. The van der Waals surface area contributed by atoms with Crippen molar-refractivity contribution in [1.82, 2.24) is 9.78 Å². The Morgan fingerprint density at radius 2 is 2.50 bits per heavy atom. The summed E-state index contributed by atoms with van der Waals surface area (Å²) in [6, 6.07) is 1.25. The predicted octanol–water partition coefficient (Wildman–Crippen LogP) is 0.858. The van der Waals surface area contributed by atoms with Crippen molar-refractivity contribution in [2.45, 2.75) is 19.4 Å². The highest BCUT2D eigenvalue weighted by molar-refractivity contribution is 9.10. The number of nitrogens with zero attached hydrogens (tertiary/aromatic N) is 2. The Labute approximate surface area is 90.8 Å². The first kappa shape index (κ1) is 11.2. The van der Waals surface area contributed by atoms with Crippen LogP contribution in [0.5, 0.6) is 0 Å². The quantitative estimate of drug-likeness (QED) is 0.847. The fourth-order valence-corrected chi connectivity index (χ4v) is 1.21. The smallest absolute Gasteiger partial charge is 0.242 e. The van der Waals surface area contributed by atoms with Crippen molar-refractivity contribution in [1.29, 1.82) is 0 Å². The number of rotatable bonds is 3. The molecular weight excluding hydrogens is 248 g/mol. The molecule has 1 heterocycles. The number of aromatic nitrogens is 2. The number of carbonyl (C=O) groups is 1. The van der Waals surface area contributed by atoms with Crippen LogP contribution in [0.2, 0.25) is 0 Å². The van der Waals surface area contributed by atoms with Gasteiger partial charge >= 0.3 is 0 Å². The average Bonchev–Trinajstić information content (AvgIpc) is 2.44. The van der Waals surface area contributed by atoms with Crippen LogP contribution < -0.4 is 11.1 Å². The van der Waals surface area contributed by atoms with Gasteiger partial charge in [-0.25, -0.2) is 0 Å². The molecule has 0 radical (unpaired) electrons. The fraction of sp³-hybridized carbons (Fsp3) is 0.500. The molecule has 0 fully saturated rings. The van der Waals surface area contributed by atoms with Gasteiger partial charge in [0.2, 0.25) is 5.91 Å². The molecule has 0 unspecified atom stereocenters. The molecule has 0 spiro atoms. The third kappa shape index (κ3) is 2.55. The van der Waals surface area contributed by atoms with Gasteiger partial charge in [0.1, 0.15) is 4.60 Å². The van der Waals surface area contributed by atoms with E-state index in [-0.39, 0.29) is 5.91 Å². The van der Waals surface area contributed by atoms with Gasteiger partial charge in [0, 0.05) is 13.1 Å². The van der Waals surface area contributed by atoms with Gasteiger partial charge in [0.15, 0.2) is 5.82 Å².